The minimum atomic E-state index is -0.814. The van der Waals surface area contributed by atoms with E-state index in [2.05, 4.69) is 5.43 Å². The third-order valence-electron chi connectivity index (χ3n) is 3.98. The van der Waals surface area contributed by atoms with E-state index in [1.807, 2.05) is 42.5 Å². The van der Waals surface area contributed by atoms with Crippen LogP contribution in [0.1, 0.15) is 12.0 Å². The predicted molar refractivity (Wildman–Crippen MR) is 90.3 cm³/mol. The van der Waals surface area contributed by atoms with Crippen molar-refractivity contribution in [3.05, 3.63) is 60.2 Å². The first kappa shape index (κ1) is 16.0. The number of nitrogens with one attached hydrogen (secondary N) is 1. The fourth-order valence-corrected chi connectivity index (χ4v) is 2.73. The molecule has 0 aliphatic carbocycles. The minimum Gasteiger partial charge on any atom is -0.476 e. The Kier molecular flexibility index (Phi) is 4.77. The molecule has 0 saturated heterocycles. The van der Waals surface area contributed by atoms with E-state index in [0.29, 0.717) is 24.3 Å². The Morgan fingerprint density at radius 3 is 2.58 bits per heavy atom. The van der Waals surface area contributed by atoms with Crippen molar-refractivity contribution in [2.24, 2.45) is 5.84 Å². The SMILES string of the molecule is NNC(=O)[C@@H]1CN(C(=O)CCc2ccccc2)c2ccccc2O1. The van der Waals surface area contributed by atoms with Crippen molar-refractivity contribution in [1.82, 2.24) is 5.43 Å². The summed E-state index contributed by atoms with van der Waals surface area (Å²) in [5.41, 5.74) is 3.86. The van der Waals surface area contributed by atoms with E-state index in [-0.39, 0.29) is 12.5 Å². The molecule has 0 bridgehead atoms. The van der Waals surface area contributed by atoms with Gasteiger partial charge in [0.2, 0.25) is 5.91 Å². The van der Waals surface area contributed by atoms with E-state index in [9.17, 15) is 9.59 Å². The molecule has 2 aromatic rings. The Bertz CT molecular complexity index is 733. The van der Waals surface area contributed by atoms with E-state index >= 15 is 0 Å². The number of benzene rings is 2. The molecule has 6 heteroatoms. The van der Waals surface area contributed by atoms with E-state index in [4.69, 9.17) is 10.6 Å². The molecule has 0 radical (unpaired) electrons. The van der Waals surface area contributed by atoms with Crippen LogP contribution in [-0.4, -0.2) is 24.5 Å². The quantitative estimate of drug-likeness (QED) is 0.506. The summed E-state index contributed by atoms with van der Waals surface area (Å²) < 4.78 is 5.64. The lowest BCUT2D eigenvalue weighted by molar-refractivity contribution is -0.128. The third-order valence-corrected chi connectivity index (χ3v) is 3.98. The number of rotatable bonds is 4. The predicted octanol–water partition coefficient (Wildman–Crippen LogP) is 1.40. The molecule has 0 fully saturated rings. The number of ether oxygens (including phenoxy) is 1. The van der Waals surface area contributed by atoms with Crippen molar-refractivity contribution in [3.63, 3.8) is 0 Å². The van der Waals surface area contributed by atoms with Gasteiger partial charge in [0.15, 0.2) is 6.10 Å². The molecule has 1 heterocycles. The zero-order valence-corrected chi connectivity index (χ0v) is 13.1. The Morgan fingerprint density at radius 1 is 1.12 bits per heavy atom. The molecule has 124 valence electrons. The summed E-state index contributed by atoms with van der Waals surface area (Å²) in [5, 5.41) is 0. The highest BCUT2D eigenvalue weighted by Crippen LogP contribution is 2.33. The summed E-state index contributed by atoms with van der Waals surface area (Å²) in [4.78, 5) is 26.1. The van der Waals surface area contributed by atoms with Gasteiger partial charge in [-0.05, 0) is 24.1 Å². The van der Waals surface area contributed by atoms with Crippen LogP contribution in [0.3, 0.4) is 0 Å². The molecule has 1 atom stereocenters. The van der Waals surface area contributed by atoms with Crippen molar-refractivity contribution in [2.75, 3.05) is 11.4 Å². The van der Waals surface area contributed by atoms with Gasteiger partial charge in [0.05, 0.1) is 12.2 Å². The van der Waals surface area contributed by atoms with Gasteiger partial charge in [-0.15, -0.1) is 0 Å². The molecule has 0 saturated carbocycles. The van der Waals surface area contributed by atoms with Gasteiger partial charge >= 0.3 is 0 Å². The van der Waals surface area contributed by atoms with Gasteiger partial charge in [-0.3, -0.25) is 15.0 Å². The number of amides is 2. The molecule has 1 aliphatic rings. The number of carbonyl (C=O) groups is 2. The summed E-state index contributed by atoms with van der Waals surface area (Å²) in [6.45, 7) is 0.146. The Balaban J connectivity index is 1.77. The van der Waals surface area contributed by atoms with Gasteiger partial charge in [-0.2, -0.15) is 0 Å². The third kappa shape index (κ3) is 3.38. The van der Waals surface area contributed by atoms with Crippen molar-refractivity contribution >= 4 is 17.5 Å². The number of hydrogen-bond acceptors (Lipinski definition) is 4. The molecule has 3 N–H and O–H groups in total. The largest absolute Gasteiger partial charge is 0.476 e. The number of nitrogens with two attached hydrogens (primary N) is 1. The van der Waals surface area contributed by atoms with E-state index in [1.54, 1.807) is 17.0 Å². The molecule has 24 heavy (non-hydrogen) atoms. The lowest BCUT2D eigenvalue weighted by Gasteiger charge is -2.34. The standard InChI is InChI=1S/C18H19N3O3/c19-20-18(23)16-12-21(14-8-4-5-9-15(14)24-16)17(22)11-10-13-6-2-1-3-7-13/h1-9,16H,10-12,19H2,(H,20,23)/t16-/m0/s1. The van der Waals surface area contributed by atoms with Gasteiger partial charge in [-0.25, -0.2) is 5.84 Å². The second-order valence-electron chi connectivity index (χ2n) is 5.57. The van der Waals surface area contributed by atoms with Crippen molar-refractivity contribution in [1.29, 1.82) is 0 Å². The maximum Gasteiger partial charge on any atom is 0.276 e. The van der Waals surface area contributed by atoms with Gasteiger partial charge in [0.25, 0.3) is 5.91 Å². The average Bonchev–Trinajstić information content (AvgIpc) is 2.65. The molecule has 0 spiro atoms. The molecular formula is C18H19N3O3. The Morgan fingerprint density at radius 2 is 1.83 bits per heavy atom. The smallest absolute Gasteiger partial charge is 0.276 e. The molecule has 1 aliphatic heterocycles. The summed E-state index contributed by atoms with van der Waals surface area (Å²) in [6.07, 6.45) is 0.188. The number of para-hydroxylation sites is 2. The number of nitrogens with zero attached hydrogens (tertiary/aromatic N) is 1. The molecule has 2 aromatic carbocycles. The molecule has 6 nitrogen and oxygen atoms in total. The number of hydrazine groups is 1. The van der Waals surface area contributed by atoms with Gasteiger partial charge in [0, 0.05) is 6.42 Å². The van der Waals surface area contributed by atoms with Crippen LogP contribution >= 0.6 is 0 Å². The fourth-order valence-electron chi connectivity index (χ4n) is 2.73. The number of hydrogen-bond donors (Lipinski definition) is 2. The fraction of sp³-hybridized carbons (Fsp3) is 0.222. The normalized spacial score (nSPS) is 16.0. The molecular weight excluding hydrogens is 306 g/mol. The highest BCUT2D eigenvalue weighted by Gasteiger charge is 2.33. The topological polar surface area (TPSA) is 84.7 Å². The van der Waals surface area contributed by atoms with Crippen molar-refractivity contribution < 1.29 is 14.3 Å². The van der Waals surface area contributed by atoms with Crippen LogP contribution < -0.4 is 20.9 Å². The summed E-state index contributed by atoms with van der Waals surface area (Å²) >= 11 is 0. The monoisotopic (exact) mass is 325 g/mol. The molecule has 2 amide bonds. The van der Waals surface area contributed by atoms with Gasteiger partial charge in [0.1, 0.15) is 5.75 Å². The van der Waals surface area contributed by atoms with Crippen LogP contribution in [0.5, 0.6) is 5.75 Å². The first-order valence-electron chi connectivity index (χ1n) is 7.79. The lowest BCUT2D eigenvalue weighted by atomic mass is 10.1. The molecule has 0 aromatic heterocycles. The van der Waals surface area contributed by atoms with Crippen LogP contribution in [0.4, 0.5) is 5.69 Å². The molecule has 0 unspecified atom stereocenters. The highest BCUT2D eigenvalue weighted by molar-refractivity contribution is 5.97. The Hall–Kier alpha value is -2.86. The maximum atomic E-state index is 12.7. The first-order valence-corrected chi connectivity index (χ1v) is 7.79. The number of fused-ring (bicyclic) bond motifs is 1. The van der Waals surface area contributed by atoms with Gasteiger partial charge in [-0.1, -0.05) is 42.5 Å². The summed E-state index contributed by atoms with van der Waals surface area (Å²) in [6, 6.07) is 17.0. The minimum absolute atomic E-state index is 0.0515. The van der Waals surface area contributed by atoms with E-state index in [1.165, 1.54) is 0 Å². The summed E-state index contributed by atoms with van der Waals surface area (Å²) in [7, 11) is 0. The highest BCUT2D eigenvalue weighted by atomic mass is 16.5. The van der Waals surface area contributed by atoms with Crippen LogP contribution in [0.15, 0.2) is 54.6 Å². The average molecular weight is 325 g/mol. The number of anilines is 1. The van der Waals surface area contributed by atoms with Gasteiger partial charge < -0.3 is 9.64 Å². The van der Waals surface area contributed by atoms with Crippen LogP contribution in [0.2, 0.25) is 0 Å². The number of carbonyl (C=O) groups excluding carboxylic acids is 2. The maximum absolute atomic E-state index is 12.7. The van der Waals surface area contributed by atoms with E-state index < -0.39 is 12.0 Å². The van der Waals surface area contributed by atoms with Crippen LogP contribution in [-0.2, 0) is 16.0 Å². The van der Waals surface area contributed by atoms with Crippen LogP contribution in [0, 0.1) is 0 Å². The Labute approximate surface area is 140 Å². The zero-order valence-electron chi connectivity index (χ0n) is 13.1. The van der Waals surface area contributed by atoms with Crippen molar-refractivity contribution in [2.45, 2.75) is 18.9 Å². The second kappa shape index (κ2) is 7.14. The number of aryl methyl sites for hydroxylation is 1. The zero-order chi connectivity index (χ0) is 16.9. The van der Waals surface area contributed by atoms with Crippen LogP contribution in [0.25, 0.3) is 0 Å². The van der Waals surface area contributed by atoms with Crippen molar-refractivity contribution in [3.8, 4) is 5.75 Å². The molecule has 3 rings (SSSR count). The van der Waals surface area contributed by atoms with E-state index in [0.717, 1.165) is 5.56 Å². The summed E-state index contributed by atoms with van der Waals surface area (Å²) in [5.74, 6) is 5.20. The lowest BCUT2D eigenvalue weighted by Crippen LogP contribution is -2.52. The first-order chi connectivity index (χ1) is 11.7. The second-order valence-corrected chi connectivity index (χ2v) is 5.57.